The van der Waals surface area contributed by atoms with Gasteiger partial charge in [-0.1, -0.05) is 23.7 Å². The van der Waals surface area contributed by atoms with Gasteiger partial charge in [-0.3, -0.25) is 9.78 Å². The van der Waals surface area contributed by atoms with Gasteiger partial charge in [0.25, 0.3) is 5.91 Å². The van der Waals surface area contributed by atoms with Crippen LogP contribution < -0.4 is 10.1 Å². The van der Waals surface area contributed by atoms with Crippen molar-refractivity contribution in [1.29, 1.82) is 0 Å². The van der Waals surface area contributed by atoms with Crippen molar-refractivity contribution in [2.75, 3.05) is 6.61 Å². The molecular weight excluding hydrogens is 424 g/mol. The number of fused-ring (bicyclic) bond motifs is 1. The number of aromatic nitrogens is 3. The first-order valence-electron chi connectivity index (χ1n) is 10.6. The maximum absolute atomic E-state index is 12.6. The summed E-state index contributed by atoms with van der Waals surface area (Å²) in [5.74, 6) is 1.47. The Balaban J connectivity index is 1.47. The molecule has 0 bridgehead atoms. The quantitative estimate of drug-likeness (QED) is 0.369. The van der Waals surface area contributed by atoms with Gasteiger partial charge in [0.2, 0.25) is 0 Å². The highest BCUT2D eigenvalue weighted by Gasteiger charge is 2.19. The number of nitrogens with zero attached hydrogens (tertiary/aromatic N) is 3. The monoisotopic (exact) mass is 448 g/mol. The van der Waals surface area contributed by atoms with Crippen LogP contribution in [0.4, 0.5) is 0 Å². The first kappa shape index (κ1) is 21.8. The third-order valence-electron chi connectivity index (χ3n) is 5.29. The fraction of sp³-hybridized carbons (Fsp3) is 0.240. The summed E-state index contributed by atoms with van der Waals surface area (Å²) in [6.45, 7) is 5.19. The van der Waals surface area contributed by atoms with Crippen LogP contribution in [0, 0.1) is 6.92 Å². The maximum atomic E-state index is 12.6. The molecule has 2 aromatic carbocycles. The van der Waals surface area contributed by atoms with E-state index < -0.39 is 0 Å². The van der Waals surface area contributed by atoms with Crippen molar-refractivity contribution in [2.45, 2.75) is 32.9 Å². The van der Waals surface area contributed by atoms with Crippen LogP contribution in [0.1, 0.15) is 41.1 Å². The van der Waals surface area contributed by atoms with Gasteiger partial charge in [-0.25, -0.2) is 4.98 Å². The molecule has 0 aliphatic rings. The van der Waals surface area contributed by atoms with Crippen LogP contribution in [-0.2, 0) is 6.54 Å². The summed E-state index contributed by atoms with van der Waals surface area (Å²) in [4.78, 5) is 21.4. The van der Waals surface area contributed by atoms with Gasteiger partial charge in [-0.2, -0.15) is 0 Å². The molecular formula is C25H25ClN4O2. The van der Waals surface area contributed by atoms with Gasteiger partial charge in [-0.05, 0) is 68.3 Å². The molecule has 0 aliphatic heterocycles. The molecule has 1 N–H and O–H groups in total. The Morgan fingerprint density at radius 1 is 1.16 bits per heavy atom. The van der Waals surface area contributed by atoms with E-state index in [2.05, 4.69) is 14.9 Å². The van der Waals surface area contributed by atoms with Crippen molar-refractivity contribution in [3.63, 3.8) is 0 Å². The van der Waals surface area contributed by atoms with E-state index in [-0.39, 0.29) is 11.9 Å². The molecule has 2 aromatic heterocycles. The number of hydrogen-bond acceptors (Lipinski definition) is 4. The van der Waals surface area contributed by atoms with Gasteiger partial charge in [-0.15, -0.1) is 0 Å². The number of imidazole rings is 1. The number of aryl methyl sites for hydroxylation is 2. The predicted molar refractivity (Wildman–Crippen MR) is 126 cm³/mol. The highest BCUT2D eigenvalue weighted by molar-refractivity contribution is 6.31. The van der Waals surface area contributed by atoms with Crippen molar-refractivity contribution >= 4 is 28.5 Å². The predicted octanol–water partition coefficient (Wildman–Crippen LogP) is 5.35. The Morgan fingerprint density at radius 3 is 2.72 bits per heavy atom. The van der Waals surface area contributed by atoms with Crippen LogP contribution in [0.2, 0.25) is 5.02 Å². The highest BCUT2D eigenvalue weighted by atomic mass is 35.5. The second-order valence-electron chi connectivity index (χ2n) is 7.65. The number of carbonyl (C=O) groups excluding carboxylic acids is 1. The number of pyridine rings is 1. The van der Waals surface area contributed by atoms with Crippen molar-refractivity contribution < 1.29 is 9.53 Å². The van der Waals surface area contributed by atoms with Crippen LogP contribution in [-0.4, -0.2) is 27.0 Å². The zero-order valence-electron chi connectivity index (χ0n) is 18.1. The minimum atomic E-state index is -0.261. The molecule has 164 valence electrons. The molecule has 0 spiro atoms. The van der Waals surface area contributed by atoms with Gasteiger partial charge < -0.3 is 14.6 Å². The summed E-state index contributed by atoms with van der Waals surface area (Å²) in [7, 11) is 0. The number of amides is 1. The van der Waals surface area contributed by atoms with E-state index in [1.807, 2.05) is 56.3 Å². The molecule has 0 fully saturated rings. The van der Waals surface area contributed by atoms with E-state index in [0.29, 0.717) is 12.2 Å². The molecule has 4 aromatic rings. The number of rotatable bonds is 8. The second kappa shape index (κ2) is 9.83. The summed E-state index contributed by atoms with van der Waals surface area (Å²) in [5.41, 5.74) is 3.50. The van der Waals surface area contributed by atoms with Crippen molar-refractivity contribution in [3.05, 3.63) is 89.0 Å². The summed E-state index contributed by atoms with van der Waals surface area (Å²) < 4.78 is 8.06. The molecule has 0 aliphatic carbocycles. The third-order valence-corrected chi connectivity index (χ3v) is 5.71. The van der Waals surface area contributed by atoms with E-state index in [0.717, 1.165) is 46.2 Å². The van der Waals surface area contributed by atoms with Gasteiger partial charge >= 0.3 is 0 Å². The number of carbonyl (C=O) groups is 1. The molecule has 1 amide bonds. The minimum absolute atomic E-state index is 0.153. The van der Waals surface area contributed by atoms with Crippen molar-refractivity contribution in [3.8, 4) is 5.75 Å². The first-order valence-corrected chi connectivity index (χ1v) is 11.0. The van der Waals surface area contributed by atoms with E-state index in [1.165, 1.54) is 0 Å². The lowest BCUT2D eigenvalue weighted by atomic mass is 10.2. The molecule has 6 nitrogen and oxygen atoms in total. The van der Waals surface area contributed by atoms with E-state index in [4.69, 9.17) is 21.3 Å². The van der Waals surface area contributed by atoms with E-state index in [9.17, 15) is 4.79 Å². The molecule has 1 atom stereocenters. The Morgan fingerprint density at radius 2 is 1.94 bits per heavy atom. The first-order chi connectivity index (χ1) is 15.5. The zero-order valence-corrected chi connectivity index (χ0v) is 18.8. The smallest absolute Gasteiger partial charge is 0.251 e. The summed E-state index contributed by atoms with van der Waals surface area (Å²) in [6, 6.07) is 16.8. The Bertz CT molecular complexity index is 1220. The Hall–Kier alpha value is -3.38. The number of nitrogens with one attached hydrogen (secondary N) is 1. The van der Waals surface area contributed by atoms with Crippen LogP contribution in [0.5, 0.6) is 5.75 Å². The van der Waals surface area contributed by atoms with Crippen LogP contribution in [0.25, 0.3) is 11.0 Å². The summed E-state index contributed by atoms with van der Waals surface area (Å²) in [5, 5.41) is 3.78. The minimum Gasteiger partial charge on any atom is -0.494 e. The fourth-order valence-electron chi connectivity index (χ4n) is 3.63. The molecule has 7 heteroatoms. The molecule has 32 heavy (non-hydrogen) atoms. The van der Waals surface area contributed by atoms with E-state index in [1.54, 1.807) is 24.5 Å². The topological polar surface area (TPSA) is 69.0 Å². The van der Waals surface area contributed by atoms with Crippen molar-refractivity contribution in [1.82, 2.24) is 19.9 Å². The largest absolute Gasteiger partial charge is 0.494 e. The average Bonchev–Trinajstić information content (AvgIpc) is 3.18. The standard InChI is InChI=1S/C25H25ClN4O2/c1-17-16-20(8-9-21(17)26)32-15-5-14-30-23-7-4-3-6-22(23)29-24(30)18(2)28-25(31)19-10-12-27-13-11-19/h3-4,6-13,16,18H,5,14-15H2,1-2H3,(H,28,31). The van der Waals surface area contributed by atoms with Crippen LogP contribution in [0.3, 0.4) is 0 Å². The lowest BCUT2D eigenvalue weighted by molar-refractivity contribution is 0.0937. The van der Waals surface area contributed by atoms with Gasteiger partial charge in [0.15, 0.2) is 0 Å². The molecule has 2 heterocycles. The molecule has 4 rings (SSSR count). The molecule has 0 saturated carbocycles. The van der Waals surface area contributed by atoms with Crippen LogP contribution >= 0.6 is 11.6 Å². The highest BCUT2D eigenvalue weighted by Crippen LogP contribution is 2.23. The SMILES string of the molecule is Cc1cc(OCCCn2c(C(C)NC(=O)c3ccncc3)nc3ccccc32)ccc1Cl. The Kier molecular flexibility index (Phi) is 6.71. The average molecular weight is 449 g/mol. The molecule has 1 unspecified atom stereocenters. The van der Waals surface area contributed by atoms with Gasteiger partial charge in [0, 0.05) is 29.5 Å². The van der Waals surface area contributed by atoms with Crippen LogP contribution in [0.15, 0.2) is 67.0 Å². The normalized spacial score (nSPS) is 12.0. The number of halogens is 1. The maximum Gasteiger partial charge on any atom is 0.251 e. The fourth-order valence-corrected chi connectivity index (χ4v) is 3.74. The number of hydrogen-bond donors (Lipinski definition) is 1. The third kappa shape index (κ3) is 4.92. The number of para-hydroxylation sites is 2. The number of ether oxygens (including phenoxy) is 1. The van der Waals surface area contributed by atoms with Gasteiger partial charge in [0.1, 0.15) is 11.6 Å². The van der Waals surface area contributed by atoms with Gasteiger partial charge in [0.05, 0.1) is 23.7 Å². The second-order valence-corrected chi connectivity index (χ2v) is 8.06. The Labute approximate surface area is 192 Å². The summed E-state index contributed by atoms with van der Waals surface area (Å²) >= 11 is 6.09. The van der Waals surface area contributed by atoms with E-state index >= 15 is 0 Å². The van der Waals surface area contributed by atoms with Crippen molar-refractivity contribution in [2.24, 2.45) is 0 Å². The lowest BCUT2D eigenvalue weighted by Crippen LogP contribution is -2.28. The zero-order chi connectivity index (χ0) is 22.5. The molecule has 0 saturated heterocycles. The lowest BCUT2D eigenvalue weighted by Gasteiger charge is -2.17. The summed E-state index contributed by atoms with van der Waals surface area (Å²) in [6.07, 6.45) is 4.01. The molecule has 0 radical (unpaired) electrons. The number of benzene rings is 2.